The number of carbonyl (C=O) groups is 1. The van der Waals surface area contributed by atoms with E-state index in [1.165, 1.54) is 28.0 Å². The van der Waals surface area contributed by atoms with Gasteiger partial charge >= 0.3 is 5.97 Å². The van der Waals surface area contributed by atoms with Gasteiger partial charge in [-0.25, -0.2) is 14.2 Å². The Hall–Kier alpha value is -3.52. The Kier molecular flexibility index (Phi) is 6.05. The predicted molar refractivity (Wildman–Crippen MR) is 120 cm³/mol. The molecule has 1 aliphatic rings. The monoisotopic (exact) mass is 452 g/mol. The fraction of sp³-hybridized carbons (Fsp3) is 0.208. The number of nitrogens with zero attached hydrogens (tertiary/aromatic N) is 2. The van der Waals surface area contributed by atoms with E-state index >= 15 is 0 Å². The van der Waals surface area contributed by atoms with Crippen LogP contribution in [0.1, 0.15) is 31.0 Å². The second kappa shape index (κ2) is 8.92. The molecule has 0 unspecified atom stereocenters. The number of benzene rings is 2. The highest BCUT2D eigenvalue weighted by molar-refractivity contribution is 7.07. The molecule has 0 spiro atoms. The highest BCUT2D eigenvalue weighted by Crippen LogP contribution is 2.31. The topological polar surface area (TPSA) is 69.9 Å². The minimum absolute atomic E-state index is 0.208. The minimum Gasteiger partial charge on any atom is -0.497 e. The van der Waals surface area contributed by atoms with Gasteiger partial charge in [0.2, 0.25) is 0 Å². The van der Waals surface area contributed by atoms with Crippen LogP contribution in [-0.4, -0.2) is 24.3 Å². The highest BCUT2D eigenvalue weighted by atomic mass is 32.1. The molecule has 0 N–H and O–H groups in total. The van der Waals surface area contributed by atoms with Gasteiger partial charge in [0.05, 0.1) is 35.6 Å². The number of hydrogen-bond donors (Lipinski definition) is 0. The molecule has 3 aromatic rings. The lowest BCUT2D eigenvalue weighted by molar-refractivity contribution is -0.139. The van der Waals surface area contributed by atoms with E-state index in [-0.39, 0.29) is 18.0 Å². The minimum atomic E-state index is -0.688. The van der Waals surface area contributed by atoms with Crippen molar-refractivity contribution in [1.82, 2.24) is 4.57 Å². The average molecular weight is 453 g/mol. The number of thiazole rings is 1. The number of allylic oxidation sites excluding steroid dienone is 1. The molecular formula is C24H21FN2O4S. The van der Waals surface area contributed by atoms with Crippen LogP contribution < -0.4 is 19.6 Å². The predicted octanol–water partition coefficient (Wildman–Crippen LogP) is 2.95. The zero-order valence-corrected chi connectivity index (χ0v) is 18.6. The number of halogens is 1. The number of esters is 1. The van der Waals surface area contributed by atoms with Crippen LogP contribution >= 0.6 is 11.3 Å². The van der Waals surface area contributed by atoms with Gasteiger partial charge in [0.25, 0.3) is 5.56 Å². The molecule has 1 aromatic heterocycles. The summed E-state index contributed by atoms with van der Waals surface area (Å²) < 4.78 is 25.7. The van der Waals surface area contributed by atoms with Gasteiger partial charge in [-0.1, -0.05) is 35.6 Å². The summed E-state index contributed by atoms with van der Waals surface area (Å²) in [5, 5.41) is 0. The van der Waals surface area contributed by atoms with Crippen LogP contribution in [0.3, 0.4) is 0 Å². The van der Waals surface area contributed by atoms with Crippen LogP contribution in [0.15, 0.2) is 69.6 Å². The Bertz CT molecular complexity index is 1370. The molecular weight excluding hydrogens is 431 g/mol. The summed E-state index contributed by atoms with van der Waals surface area (Å²) in [6.45, 7) is 3.67. The summed E-state index contributed by atoms with van der Waals surface area (Å²) in [4.78, 5) is 31.3. The van der Waals surface area contributed by atoms with Crippen LogP contribution in [0.5, 0.6) is 5.75 Å². The second-order valence-electron chi connectivity index (χ2n) is 7.13. The molecule has 0 fully saturated rings. The summed E-state index contributed by atoms with van der Waals surface area (Å²) in [5.74, 6) is -0.198. The highest BCUT2D eigenvalue weighted by Gasteiger charge is 2.33. The van der Waals surface area contributed by atoms with E-state index in [2.05, 4.69) is 4.99 Å². The Morgan fingerprint density at radius 2 is 1.88 bits per heavy atom. The average Bonchev–Trinajstić information content (AvgIpc) is 3.09. The van der Waals surface area contributed by atoms with Crippen molar-refractivity contribution in [2.75, 3.05) is 13.7 Å². The van der Waals surface area contributed by atoms with E-state index in [9.17, 15) is 14.0 Å². The number of ether oxygens (including phenoxy) is 2. The number of aromatic nitrogens is 1. The first-order valence-corrected chi connectivity index (χ1v) is 10.8. The van der Waals surface area contributed by atoms with Gasteiger partial charge < -0.3 is 9.47 Å². The first kappa shape index (κ1) is 21.7. The van der Waals surface area contributed by atoms with Crippen molar-refractivity contribution in [3.63, 3.8) is 0 Å². The maximum absolute atomic E-state index is 13.4. The quantitative estimate of drug-likeness (QED) is 0.558. The summed E-state index contributed by atoms with van der Waals surface area (Å²) in [6.07, 6.45) is 1.69. The number of methoxy groups -OCH3 is 1. The first-order valence-electron chi connectivity index (χ1n) is 10.0. The normalized spacial score (nSPS) is 15.9. The lowest BCUT2D eigenvalue weighted by atomic mass is 9.96. The van der Waals surface area contributed by atoms with E-state index < -0.39 is 12.0 Å². The molecule has 0 saturated heterocycles. The van der Waals surface area contributed by atoms with Crippen LogP contribution in [0.4, 0.5) is 4.39 Å². The number of rotatable bonds is 5. The lowest BCUT2D eigenvalue weighted by Crippen LogP contribution is -2.39. The van der Waals surface area contributed by atoms with Crippen molar-refractivity contribution in [2.24, 2.45) is 4.99 Å². The second-order valence-corrected chi connectivity index (χ2v) is 8.14. The molecule has 0 radical (unpaired) electrons. The van der Waals surface area contributed by atoms with E-state index in [0.29, 0.717) is 31.9 Å². The molecule has 1 atom stereocenters. The fourth-order valence-corrected chi connectivity index (χ4v) is 4.65. The molecule has 164 valence electrons. The third kappa shape index (κ3) is 4.01. The van der Waals surface area contributed by atoms with Crippen molar-refractivity contribution in [3.8, 4) is 5.75 Å². The van der Waals surface area contributed by atoms with Crippen LogP contribution in [0.25, 0.3) is 6.08 Å². The zero-order valence-electron chi connectivity index (χ0n) is 17.8. The maximum Gasteiger partial charge on any atom is 0.338 e. The van der Waals surface area contributed by atoms with Gasteiger partial charge in [-0.2, -0.15) is 0 Å². The van der Waals surface area contributed by atoms with E-state index in [1.54, 1.807) is 51.3 Å². The van der Waals surface area contributed by atoms with Crippen molar-refractivity contribution in [3.05, 3.63) is 96.4 Å². The third-order valence-corrected chi connectivity index (χ3v) is 6.10. The molecule has 8 heteroatoms. The molecule has 4 rings (SSSR count). The Balaban J connectivity index is 1.93. The number of hydrogen-bond acceptors (Lipinski definition) is 6. The molecule has 0 amide bonds. The smallest absolute Gasteiger partial charge is 0.338 e. The molecule has 0 aliphatic carbocycles. The van der Waals surface area contributed by atoms with Gasteiger partial charge in [-0.15, -0.1) is 0 Å². The summed E-state index contributed by atoms with van der Waals surface area (Å²) >= 11 is 1.22. The summed E-state index contributed by atoms with van der Waals surface area (Å²) in [7, 11) is 1.57. The van der Waals surface area contributed by atoms with Crippen molar-refractivity contribution in [1.29, 1.82) is 0 Å². The van der Waals surface area contributed by atoms with Gasteiger partial charge in [0, 0.05) is 0 Å². The molecule has 0 bridgehead atoms. The van der Waals surface area contributed by atoms with Crippen molar-refractivity contribution >= 4 is 23.4 Å². The summed E-state index contributed by atoms with van der Waals surface area (Å²) in [6, 6.07) is 12.4. The molecule has 0 saturated carbocycles. The van der Waals surface area contributed by atoms with E-state index in [0.717, 1.165) is 5.56 Å². The Morgan fingerprint density at radius 3 is 2.50 bits per heavy atom. The standard InChI is InChI=1S/C24H21FN2O4S/c1-4-31-23(29)20-14(2)26-24-27(21(20)16-7-11-18(30-3)12-8-16)22(28)19(32-24)13-15-5-9-17(25)10-6-15/h5-13,21H,4H2,1-3H3/b19-13-/t21-/m0/s1. The van der Waals surface area contributed by atoms with Crippen molar-refractivity contribution in [2.45, 2.75) is 19.9 Å². The molecule has 2 heterocycles. The van der Waals surface area contributed by atoms with Crippen molar-refractivity contribution < 1.29 is 18.7 Å². The van der Waals surface area contributed by atoms with Crippen LogP contribution in [0.2, 0.25) is 0 Å². The van der Waals surface area contributed by atoms with Crippen LogP contribution in [-0.2, 0) is 9.53 Å². The zero-order chi connectivity index (χ0) is 22.8. The van der Waals surface area contributed by atoms with E-state index in [1.807, 2.05) is 12.1 Å². The maximum atomic E-state index is 13.4. The molecule has 1 aliphatic heterocycles. The fourth-order valence-electron chi connectivity index (χ4n) is 3.60. The molecule has 32 heavy (non-hydrogen) atoms. The number of carbonyl (C=O) groups excluding carboxylic acids is 1. The number of fused-ring (bicyclic) bond motifs is 1. The third-order valence-electron chi connectivity index (χ3n) is 5.12. The largest absolute Gasteiger partial charge is 0.497 e. The van der Waals surface area contributed by atoms with Gasteiger partial charge in [-0.3, -0.25) is 9.36 Å². The summed E-state index contributed by atoms with van der Waals surface area (Å²) in [5.41, 5.74) is 1.96. The van der Waals surface area contributed by atoms with Gasteiger partial charge in [-0.05, 0) is 55.3 Å². The van der Waals surface area contributed by atoms with Gasteiger partial charge in [0.1, 0.15) is 11.6 Å². The lowest BCUT2D eigenvalue weighted by Gasteiger charge is -2.24. The van der Waals surface area contributed by atoms with Crippen LogP contribution in [0, 0.1) is 5.82 Å². The van der Waals surface area contributed by atoms with Gasteiger partial charge in [0.15, 0.2) is 4.80 Å². The Labute approximate surface area is 187 Å². The first-order chi connectivity index (χ1) is 15.4. The Morgan fingerprint density at radius 1 is 1.19 bits per heavy atom. The molecule has 2 aromatic carbocycles. The molecule has 6 nitrogen and oxygen atoms in total. The SMILES string of the molecule is CCOC(=O)C1=C(C)N=c2s/c(=C\c3ccc(F)cc3)c(=O)n2[C@H]1c1ccc(OC)cc1. The van der Waals surface area contributed by atoms with E-state index in [4.69, 9.17) is 9.47 Å².